The normalized spacial score (nSPS) is 9.80. The van der Waals surface area contributed by atoms with E-state index in [1.807, 2.05) is 12.1 Å². The van der Waals surface area contributed by atoms with Gasteiger partial charge in [0, 0.05) is 30.9 Å². The van der Waals surface area contributed by atoms with Gasteiger partial charge in [-0.3, -0.25) is 10.1 Å². The summed E-state index contributed by atoms with van der Waals surface area (Å²) in [7, 11) is 0. The number of anilines is 1. The predicted molar refractivity (Wildman–Crippen MR) is 79.2 cm³/mol. The van der Waals surface area contributed by atoms with E-state index in [1.165, 1.54) is 12.1 Å². The number of nitro groups is 1. The second kappa shape index (κ2) is 8.19. The highest BCUT2D eigenvalue weighted by Crippen LogP contribution is 2.14. The molecule has 0 unspecified atom stereocenters. The maximum atomic E-state index is 10.5. The van der Waals surface area contributed by atoms with Gasteiger partial charge < -0.3 is 15.1 Å². The molecule has 0 amide bonds. The molecule has 108 valence electrons. The number of nitrogens with one attached hydrogen (secondary N) is 2. The number of non-ortho nitro benzene ring substituents is 1. The number of furan rings is 1. The summed E-state index contributed by atoms with van der Waals surface area (Å²) in [6, 6.07) is 10.1. The van der Waals surface area contributed by atoms with Crippen LogP contribution in [0.5, 0.6) is 0 Å². The van der Waals surface area contributed by atoms with Crippen molar-refractivity contribution in [3.63, 3.8) is 0 Å². The van der Waals surface area contributed by atoms with Crippen molar-refractivity contribution in [1.82, 2.24) is 5.32 Å². The molecule has 0 aliphatic heterocycles. The molecule has 2 rings (SSSR count). The fourth-order valence-corrected chi connectivity index (χ4v) is 1.62. The van der Waals surface area contributed by atoms with Crippen LogP contribution in [0.25, 0.3) is 0 Å². The first-order valence-electron chi connectivity index (χ1n) is 5.97. The Kier molecular flexibility index (Phi) is 6.55. The Hall–Kier alpha value is -2.05. The number of hydrogen-bond donors (Lipinski definition) is 2. The van der Waals surface area contributed by atoms with Crippen LogP contribution >= 0.6 is 12.4 Å². The fraction of sp³-hybridized carbons (Fsp3) is 0.231. The number of hydrogen-bond acceptors (Lipinski definition) is 5. The lowest BCUT2D eigenvalue weighted by atomic mass is 10.3. The molecule has 7 heteroatoms. The molecule has 0 saturated carbocycles. The van der Waals surface area contributed by atoms with Gasteiger partial charge in [0.25, 0.3) is 5.69 Å². The molecular weight excluding hydrogens is 282 g/mol. The zero-order chi connectivity index (χ0) is 13.5. The standard InChI is InChI=1S/C13H15N3O3.ClH/c17-16(18)12-5-3-11(4-6-12)15-8-7-14-10-13-2-1-9-19-13;/h1-6,9,14-15H,7-8,10H2;1H. The first-order chi connectivity index (χ1) is 9.25. The molecule has 0 fully saturated rings. The third-order valence-corrected chi connectivity index (χ3v) is 2.59. The molecule has 0 atom stereocenters. The molecule has 2 N–H and O–H groups in total. The molecule has 1 aromatic heterocycles. The van der Waals surface area contributed by atoms with Gasteiger partial charge in [0.05, 0.1) is 17.7 Å². The van der Waals surface area contributed by atoms with Crippen LogP contribution in [0.2, 0.25) is 0 Å². The Bertz CT molecular complexity index is 514. The van der Waals surface area contributed by atoms with E-state index in [2.05, 4.69) is 10.6 Å². The van der Waals surface area contributed by atoms with E-state index in [0.717, 1.165) is 24.5 Å². The van der Waals surface area contributed by atoms with E-state index in [-0.39, 0.29) is 18.1 Å². The molecule has 0 spiro atoms. The van der Waals surface area contributed by atoms with Crippen LogP contribution < -0.4 is 10.6 Å². The molecular formula is C13H16ClN3O3. The number of benzene rings is 1. The van der Waals surface area contributed by atoms with Gasteiger partial charge >= 0.3 is 0 Å². The van der Waals surface area contributed by atoms with Crippen LogP contribution in [0.15, 0.2) is 47.1 Å². The highest BCUT2D eigenvalue weighted by atomic mass is 35.5. The van der Waals surface area contributed by atoms with Crippen LogP contribution in [0, 0.1) is 10.1 Å². The minimum absolute atomic E-state index is 0. The fourth-order valence-electron chi connectivity index (χ4n) is 1.62. The quantitative estimate of drug-likeness (QED) is 0.466. The Morgan fingerprint density at radius 1 is 1.15 bits per heavy atom. The third-order valence-electron chi connectivity index (χ3n) is 2.59. The summed E-state index contributed by atoms with van der Waals surface area (Å²) in [5.74, 6) is 0.898. The summed E-state index contributed by atoms with van der Waals surface area (Å²) in [5, 5.41) is 16.9. The largest absolute Gasteiger partial charge is 0.468 e. The van der Waals surface area contributed by atoms with Crippen LogP contribution in [0.1, 0.15) is 5.76 Å². The topological polar surface area (TPSA) is 80.3 Å². The second-order valence-corrected chi connectivity index (χ2v) is 3.99. The Labute approximate surface area is 122 Å². The van der Waals surface area contributed by atoms with E-state index in [4.69, 9.17) is 4.42 Å². The van der Waals surface area contributed by atoms with Crippen molar-refractivity contribution in [3.05, 3.63) is 58.5 Å². The minimum atomic E-state index is -0.408. The Morgan fingerprint density at radius 2 is 1.90 bits per heavy atom. The average molecular weight is 298 g/mol. The van der Waals surface area contributed by atoms with Crippen molar-refractivity contribution >= 4 is 23.8 Å². The number of halogens is 1. The van der Waals surface area contributed by atoms with Gasteiger partial charge in [-0.25, -0.2) is 0 Å². The second-order valence-electron chi connectivity index (χ2n) is 3.99. The molecule has 0 aliphatic carbocycles. The van der Waals surface area contributed by atoms with Crippen molar-refractivity contribution in [2.75, 3.05) is 18.4 Å². The molecule has 0 saturated heterocycles. The minimum Gasteiger partial charge on any atom is -0.468 e. The number of nitrogens with zero attached hydrogens (tertiary/aromatic N) is 1. The van der Waals surface area contributed by atoms with Gasteiger partial charge in [0.2, 0.25) is 0 Å². The van der Waals surface area contributed by atoms with Crippen molar-refractivity contribution in [2.45, 2.75) is 6.54 Å². The summed E-state index contributed by atoms with van der Waals surface area (Å²) in [4.78, 5) is 10.1. The summed E-state index contributed by atoms with van der Waals surface area (Å²) in [6.07, 6.45) is 1.64. The lowest BCUT2D eigenvalue weighted by Gasteiger charge is -2.06. The molecule has 0 radical (unpaired) electrons. The maximum Gasteiger partial charge on any atom is 0.269 e. The molecule has 6 nitrogen and oxygen atoms in total. The van der Waals surface area contributed by atoms with Gasteiger partial charge in [0.1, 0.15) is 5.76 Å². The first kappa shape index (κ1) is 16.0. The molecule has 20 heavy (non-hydrogen) atoms. The molecule has 2 aromatic rings. The average Bonchev–Trinajstić information content (AvgIpc) is 2.92. The van der Waals surface area contributed by atoms with Gasteiger partial charge in [-0.2, -0.15) is 0 Å². The SMILES string of the molecule is Cl.O=[N+]([O-])c1ccc(NCCNCc2ccco2)cc1. The van der Waals surface area contributed by atoms with Gasteiger partial charge in [0.15, 0.2) is 0 Å². The number of rotatable bonds is 7. The van der Waals surface area contributed by atoms with E-state index in [0.29, 0.717) is 6.54 Å². The first-order valence-corrected chi connectivity index (χ1v) is 5.97. The van der Waals surface area contributed by atoms with Crippen molar-refractivity contribution in [2.24, 2.45) is 0 Å². The van der Waals surface area contributed by atoms with Crippen molar-refractivity contribution in [3.8, 4) is 0 Å². The smallest absolute Gasteiger partial charge is 0.269 e. The summed E-state index contributed by atoms with van der Waals surface area (Å²) in [5.41, 5.74) is 0.965. The van der Waals surface area contributed by atoms with E-state index < -0.39 is 4.92 Å². The van der Waals surface area contributed by atoms with Crippen LogP contribution in [0.4, 0.5) is 11.4 Å². The Morgan fingerprint density at radius 3 is 2.50 bits per heavy atom. The van der Waals surface area contributed by atoms with Crippen LogP contribution in [-0.2, 0) is 6.54 Å². The van der Waals surface area contributed by atoms with Crippen LogP contribution in [-0.4, -0.2) is 18.0 Å². The zero-order valence-corrected chi connectivity index (χ0v) is 11.6. The summed E-state index contributed by atoms with van der Waals surface area (Å²) < 4.78 is 5.19. The zero-order valence-electron chi connectivity index (χ0n) is 10.7. The van der Waals surface area contributed by atoms with E-state index in [9.17, 15) is 10.1 Å². The Balaban J connectivity index is 0.00000200. The molecule has 1 heterocycles. The van der Waals surface area contributed by atoms with E-state index in [1.54, 1.807) is 18.4 Å². The van der Waals surface area contributed by atoms with Gasteiger partial charge in [-0.15, -0.1) is 12.4 Å². The van der Waals surface area contributed by atoms with Crippen molar-refractivity contribution in [1.29, 1.82) is 0 Å². The highest BCUT2D eigenvalue weighted by molar-refractivity contribution is 5.85. The number of nitro benzene ring substituents is 1. The summed E-state index contributed by atoms with van der Waals surface area (Å²) >= 11 is 0. The van der Waals surface area contributed by atoms with Gasteiger partial charge in [-0.05, 0) is 24.3 Å². The monoisotopic (exact) mass is 297 g/mol. The molecule has 1 aromatic carbocycles. The molecule has 0 aliphatic rings. The summed E-state index contributed by atoms with van der Waals surface area (Å²) in [6.45, 7) is 2.20. The lowest BCUT2D eigenvalue weighted by Crippen LogP contribution is -2.21. The van der Waals surface area contributed by atoms with Crippen LogP contribution in [0.3, 0.4) is 0 Å². The van der Waals surface area contributed by atoms with Crippen molar-refractivity contribution < 1.29 is 9.34 Å². The maximum absolute atomic E-state index is 10.5. The van der Waals surface area contributed by atoms with E-state index >= 15 is 0 Å². The predicted octanol–water partition coefficient (Wildman–Crippen LogP) is 2.81. The van der Waals surface area contributed by atoms with Gasteiger partial charge in [-0.1, -0.05) is 0 Å². The highest BCUT2D eigenvalue weighted by Gasteiger charge is 2.03. The third kappa shape index (κ3) is 4.91. The lowest BCUT2D eigenvalue weighted by molar-refractivity contribution is -0.384. The molecule has 0 bridgehead atoms.